The molecule has 0 aromatic rings. The van der Waals surface area contributed by atoms with Crippen LogP contribution in [0.1, 0.15) is 39.5 Å². The molecule has 0 aliphatic heterocycles. The number of unbranched alkanes of at least 4 members (excludes halogenated alkanes) is 1. The number of hydrogen-bond donors (Lipinski definition) is 10. The van der Waals surface area contributed by atoms with Gasteiger partial charge < -0.3 is 48.7 Å². The van der Waals surface area contributed by atoms with Gasteiger partial charge >= 0.3 is 17.9 Å². The highest BCUT2D eigenvalue weighted by Crippen LogP contribution is 2.01. The zero-order chi connectivity index (χ0) is 23.6. The molecule has 0 rings (SSSR count). The van der Waals surface area contributed by atoms with Crippen molar-refractivity contribution in [2.45, 2.75) is 57.7 Å². The minimum Gasteiger partial charge on any atom is -0.480 e. The SMILES string of the molecule is CC(C)C[C@H](N)C(=O)O.N=C(N)NCCCC[C@H](N)C(=O)O.N[C@@H](CO)C(=O)O. The van der Waals surface area contributed by atoms with Gasteiger partial charge in [0, 0.05) is 6.54 Å². The Morgan fingerprint density at radius 1 is 0.897 bits per heavy atom. The van der Waals surface area contributed by atoms with Gasteiger partial charge in [0.2, 0.25) is 0 Å². The van der Waals surface area contributed by atoms with Crippen molar-refractivity contribution in [3.05, 3.63) is 0 Å². The van der Waals surface area contributed by atoms with Crippen molar-refractivity contribution >= 4 is 23.9 Å². The van der Waals surface area contributed by atoms with Crippen molar-refractivity contribution in [1.82, 2.24) is 5.32 Å². The molecule has 0 heterocycles. The molecule has 29 heavy (non-hydrogen) atoms. The summed E-state index contributed by atoms with van der Waals surface area (Å²) in [7, 11) is 0. The lowest BCUT2D eigenvalue weighted by molar-refractivity contribution is -0.140. The lowest BCUT2D eigenvalue weighted by Crippen LogP contribution is -2.33. The first-order chi connectivity index (χ1) is 13.3. The zero-order valence-electron chi connectivity index (χ0n) is 16.9. The van der Waals surface area contributed by atoms with Crippen LogP contribution < -0.4 is 28.3 Å². The largest absolute Gasteiger partial charge is 0.480 e. The fraction of sp³-hybridized carbons (Fsp3) is 0.750. The number of nitrogens with two attached hydrogens (primary N) is 4. The van der Waals surface area contributed by atoms with Crippen LogP contribution in [0, 0.1) is 11.3 Å². The fourth-order valence-corrected chi connectivity index (χ4v) is 1.52. The number of guanidine groups is 1. The Bertz CT molecular complexity index is 490. The normalized spacial score (nSPS) is 12.9. The van der Waals surface area contributed by atoms with Crippen molar-refractivity contribution in [2.24, 2.45) is 28.9 Å². The highest BCUT2D eigenvalue weighted by Gasteiger charge is 2.12. The second-order valence-corrected chi connectivity index (χ2v) is 6.48. The summed E-state index contributed by atoms with van der Waals surface area (Å²) in [6.45, 7) is 3.97. The molecular weight excluding hydrogens is 388 g/mol. The van der Waals surface area contributed by atoms with Gasteiger partial charge in [-0.25, -0.2) is 0 Å². The second-order valence-electron chi connectivity index (χ2n) is 6.48. The maximum Gasteiger partial charge on any atom is 0.322 e. The van der Waals surface area contributed by atoms with E-state index in [-0.39, 0.29) is 5.96 Å². The van der Waals surface area contributed by atoms with Crippen LogP contribution in [-0.4, -0.2) is 75.6 Å². The molecule has 0 aliphatic carbocycles. The molecule has 0 unspecified atom stereocenters. The molecule has 3 atom stereocenters. The van der Waals surface area contributed by atoms with Gasteiger partial charge in [-0.2, -0.15) is 0 Å². The Balaban J connectivity index is -0.000000370. The second kappa shape index (κ2) is 18.9. The van der Waals surface area contributed by atoms with E-state index in [2.05, 4.69) is 5.32 Å². The molecule has 172 valence electrons. The van der Waals surface area contributed by atoms with Crippen LogP contribution in [0.3, 0.4) is 0 Å². The molecule has 0 saturated carbocycles. The maximum atomic E-state index is 10.3. The van der Waals surface area contributed by atoms with Gasteiger partial charge in [-0.05, 0) is 31.6 Å². The quantitative estimate of drug-likeness (QED) is 0.0968. The summed E-state index contributed by atoms with van der Waals surface area (Å²) >= 11 is 0. The summed E-state index contributed by atoms with van der Waals surface area (Å²) in [5.74, 6) is -2.77. The molecule has 0 radical (unpaired) electrons. The van der Waals surface area contributed by atoms with Crippen LogP contribution in [0.15, 0.2) is 0 Å². The molecule has 0 saturated heterocycles. The Hall–Kier alpha value is -2.48. The van der Waals surface area contributed by atoms with E-state index < -0.39 is 42.6 Å². The Labute approximate surface area is 169 Å². The van der Waals surface area contributed by atoms with Crippen molar-refractivity contribution < 1.29 is 34.8 Å². The van der Waals surface area contributed by atoms with Gasteiger partial charge in [0.1, 0.15) is 18.1 Å². The molecule has 0 fully saturated rings. The lowest BCUT2D eigenvalue weighted by Gasteiger charge is -2.07. The molecule has 13 nitrogen and oxygen atoms in total. The van der Waals surface area contributed by atoms with Crippen molar-refractivity contribution in [3.8, 4) is 0 Å². The van der Waals surface area contributed by atoms with E-state index in [4.69, 9.17) is 48.8 Å². The van der Waals surface area contributed by atoms with E-state index in [1.807, 2.05) is 13.8 Å². The Morgan fingerprint density at radius 3 is 1.59 bits per heavy atom. The number of rotatable bonds is 11. The van der Waals surface area contributed by atoms with Crippen LogP contribution >= 0.6 is 0 Å². The van der Waals surface area contributed by atoms with Gasteiger partial charge in [-0.3, -0.25) is 19.8 Å². The van der Waals surface area contributed by atoms with E-state index in [1.165, 1.54) is 0 Å². The molecular formula is C16H36N6O7. The van der Waals surface area contributed by atoms with Crippen LogP contribution in [0.2, 0.25) is 0 Å². The van der Waals surface area contributed by atoms with Gasteiger partial charge in [0.25, 0.3) is 0 Å². The number of nitrogens with one attached hydrogen (secondary N) is 2. The van der Waals surface area contributed by atoms with Gasteiger partial charge in [0.05, 0.1) is 6.61 Å². The summed E-state index contributed by atoms with van der Waals surface area (Å²) < 4.78 is 0. The molecule has 0 amide bonds. The summed E-state index contributed by atoms with van der Waals surface area (Å²) in [5, 5.41) is 42.1. The Morgan fingerprint density at radius 2 is 1.34 bits per heavy atom. The third-order valence-corrected chi connectivity index (χ3v) is 3.13. The molecule has 13 heteroatoms. The summed E-state index contributed by atoms with van der Waals surface area (Å²) in [6.07, 6.45) is 2.48. The topological polar surface area (TPSA) is 272 Å². The first-order valence-corrected chi connectivity index (χ1v) is 8.90. The fourth-order valence-electron chi connectivity index (χ4n) is 1.52. The maximum absolute atomic E-state index is 10.3. The van der Waals surface area contributed by atoms with E-state index >= 15 is 0 Å². The van der Waals surface area contributed by atoms with Crippen molar-refractivity contribution in [3.63, 3.8) is 0 Å². The van der Waals surface area contributed by atoms with Crippen molar-refractivity contribution in [2.75, 3.05) is 13.2 Å². The van der Waals surface area contributed by atoms with E-state index in [1.54, 1.807) is 0 Å². The first kappa shape index (κ1) is 31.2. The lowest BCUT2D eigenvalue weighted by atomic mass is 10.1. The Kier molecular flexibility index (Phi) is 20.3. The summed E-state index contributed by atoms with van der Waals surface area (Å²) in [5.41, 5.74) is 20.3. The van der Waals surface area contributed by atoms with Crippen LogP contribution in [0.5, 0.6) is 0 Å². The van der Waals surface area contributed by atoms with Gasteiger partial charge in [-0.1, -0.05) is 13.8 Å². The number of carboxylic acids is 3. The minimum absolute atomic E-state index is 0.0671. The highest BCUT2D eigenvalue weighted by molar-refractivity contribution is 5.74. The summed E-state index contributed by atoms with van der Waals surface area (Å²) in [4.78, 5) is 30.0. The van der Waals surface area contributed by atoms with Crippen LogP contribution in [0.4, 0.5) is 0 Å². The number of aliphatic carboxylic acids is 3. The molecule has 0 aliphatic rings. The molecule has 0 aromatic heterocycles. The third kappa shape index (κ3) is 25.5. The molecule has 0 bridgehead atoms. The smallest absolute Gasteiger partial charge is 0.322 e. The van der Waals surface area contributed by atoms with E-state index in [0.717, 1.165) is 6.42 Å². The average Bonchev–Trinajstić information content (AvgIpc) is 2.60. The van der Waals surface area contributed by atoms with Gasteiger partial charge in [-0.15, -0.1) is 0 Å². The first-order valence-electron chi connectivity index (χ1n) is 8.90. The molecule has 14 N–H and O–H groups in total. The number of aliphatic hydroxyl groups is 1. The number of carbonyl (C=O) groups is 3. The van der Waals surface area contributed by atoms with Crippen LogP contribution in [0.25, 0.3) is 0 Å². The predicted molar refractivity (Wildman–Crippen MR) is 107 cm³/mol. The van der Waals surface area contributed by atoms with Crippen molar-refractivity contribution in [1.29, 1.82) is 5.41 Å². The van der Waals surface area contributed by atoms with Gasteiger partial charge in [0.15, 0.2) is 5.96 Å². The number of hydrogen-bond acceptors (Lipinski definition) is 8. The molecule has 0 aromatic carbocycles. The van der Waals surface area contributed by atoms with Crippen LogP contribution in [-0.2, 0) is 14.4 Å². The predicted octanol–water partition coefficient (Wildman–Crippen LogP) is -2.11. The standard InChI is InChI=1S/C7H16N4O2.C6H13NO2.C3H7NO3/c8-5(6(12)13)3-1-2-4-11-7(9)10;1-4(2)3-5(7)6(8)9;4-2(1-5)3(6)7/h5H,1-4,8H2,(H,12,13)(H4,9,10,11);4-5H,3,7H2,1-2H3,(H,8,9);2,5H,1,4H2,(H,6,7)/t2*5-;2-/m000/s1. The highest BCUT2D eigenvalue weighted by atomic mass is 16.4. The minimum atomic E-state index is -1.18. The average molecular weight is 424 g/mol. The van der Waals surface area contributed by atoms with E-state index in [0.29, 0.717) is 31.7 Å². The number of carboxylic acid groups (broad SMARTS) is 3. The summed E-state index contributed by atoms with van der Waals surface area (Å²) in [6, 6.07) is -2.60. The zero-order valence-corrected chi connectivity index (χ0v) is 16.9. The molecule has 0 spiro atoms. The third-order valence-electron chi connectivity index (χ3n) is 3.13. The van der Waals surface area contributed by atoms with E-state index in [9.17, 15) is 14.4 Å². The monoisotopic (exact) mass is 424 g/mol. The number of aliphatic hydroxyl groups excluding tert-OH is 1.